The maximum Gasteiger partial charge on any atom is 0.269 e. The lowest BCUT2D eigenvalue weighted by atomic mass is 10.2. The van der Waals surface area contributed by atoms with Gasteiger partial charge in [0.05, 0.1) is 12.0 Å². The molecule has 0 heterocycles. The number of nitro benzene ring substituents is 1. The third-order valence-electron chi connectivity index (χ3n) is 3.97. The highest BCUT2D eigenvalue weighted by atomic mass is 35.5. The van der Waals surface area contributed by atoms with E-state index in [0.717, 1.165) is 30.6 Å². The minimum atomic E-state index is -0.432. The zero-order valence-corrected chi connectivity index (χ0v) is 16.2. The Labute approximate surface area is 163 Å². The molecule has 0 atom stereocenters. The van der Waals surface area contributed by atoms with Crippen LogP contribution < -0.4 is 20.1 Å². The molecule has 0 radical (unpaired) electrons. The topological polar surface area (TPSA) is 85.7 Å². The van der Waals surface area contributed by atoms with E-state index in [0.29, 0.717) is 23.1 Å². The average molecular weight is 394 g/mol. The van der Waals surface area contributed by atoms with Gasteiger partial charge in [0.1, 0.15) is 6.61 Å². The second-order valence-electron chi connectivity index (χ2n) is 5.94. The van der Waals surface area contributed by atoms with Gasteiger partial charge in [0.15, 0.2) is 11.5 Å². The largest absolute Gasteiger partial charge is 0.493 e. The fourth-order valence-electron chi connectivity index (χ4n) is 2.47. The number of methoxy groups -OCH3 is 1. The first kappa shape index (κ1) is 21.0. The number of halogens is 1. The van der Waals surface area contributed by atoms with E-state index in [4.69, 9.17) is 21.1 Å². The second kappa shape index (κ2) is 10.7. The molecular formula is C19H24ClN3O4. The van der Waals surface area contributed by atoms with Crippen molar-refractivity contribution in [3.63, 3.8) is 0 Å². The minimum Gasteiger partial charge on any atom is -0.493 e. The smallest absolute Gasteiger partial charge is 0.269 e. The molecule has 0 fully saturated rings. The third-order valence-corrected chi connectivity index (χ3v) is 4.32. The Morgan fingerprint density at radius 1 is 1.15 bits per heavy atom. The highest BCUT2D eigenvalue weighted by Gasteiger charge is 2.11. The molecule has 0 spiro atoms. The number of ether oxygens (including phenoxy) is 2. The predicted molar refractivity (Wildman–Crippen MR) is 106 cm³/mol. The molecule has 0 saturated carbocycles. The Kier molecular flexibility index (Phi) is 8.32. The van der Waals surface area contributed by atoms with Crippen LogP contribution >= 0.6 is 11.6 Å². The molecule has 0 saturated heterocycles. The maximum absolute atomic E-state index is 10.7. The van der Waals surface area contributed by atoms with Gasteiger partial charge in [0.25, 0.3) is 5.69 Å². The van der Waals surface area contributed by atoms with Crippen molar-refractivity contribution in [3.05, 3.63) is 62.7 Å². The molecule has 0 aromatic heterocycles. The summed E-state index contributed by atoms with van der Waals surface area (Å²) < 4.78 is 11.2. The molecule has 2 aromatic carbocycles. The molecular weight excluding hydrogens is 370 g/mol. The molecule has 146 valence electrons. The summed E-state index contributed by atoms with van der Waals surface area (Å²) in [5, 5.41) is 17.7. The number of nitrogens with zero attached hydrogens (tertiary/aromatic N) is 1. The van der Waals surface area contributed by atoms with Crippen molar-refractivity contribution >= 4 is 17.3 Å². The van der Waals surface area contributed by atoms with Crippen LogP contribution in [0.3, 0.4) is 0 Å². The minimum absolute atomic E-state index is 0.0472. The van der Waals surface area contributed by atoms with Crippen LogP contribution in [0.2, 0.25) is 5.02 Å². The zero-order valence-electron chi connectivity index (χ0n) is 15.5. The SMILES string of the molecule is CNCCCNCc1cc(OC)c(OCc2ccc([N+](=O)[O-])cc2)cc1Cl. The predicted octanol–water partition coefficient (Wildman–Crippen LogP) is 3.53. The lowest BCUT2D eigenvalue weighted by Crippen LogP contribution is -2.19. The van der Waals surface area contributed by atoms with Gasteiger partial charge in [-0.05, 0) is 55.9 Å². The Hall–Kier alpha value is -2.35. The van der Waals surface area contributed by atoms with Crippen molar-refractivity contribution < 1.29 is 14.4 Å². The standard InChI is InChI=1S/C19H24ClN3O4/c1-21-8-3-9-22-12-15-10-18(26-2)19(11-17(15)20)27-13-14-4-6-16(7-5-14)23(24)25/h4-7,10-11,21-22H,3,8-9,12-13H2,1-2H3. The monoisotopic (exact) mass is 393 g/mol. The van der Waals surface area contributed by atoms with Crippen LogP contribution in [0, 0.1) is 10.1 Å². The Balaban J connectivity index is 1.99. The van der Waals surface area contributed by atoms with Crippen LogP contribution in [-0.4, -0.2) is 32.2 Å². The Morgan fingerprint density at radius 2 is 1.89 bits per heavy atom. The number of nitro groups is 1. The van der Waals surface area contributed by atoms with E-state index in [2.05, 4.69) is 10.6 Å². The summed E-state index contributed by atoms with van der Waals surface area (Å²) in [5.74, 6) is 1.12. The number of benzene rings is 2. The van der Waals surface area contributed by atoms with Crippen molar-refractivity contribution in [3.8, 4) is 11.5 Å². The quantitative estimate of drug-likeness (QED) is 0.345. The summed E-state index contributed by atoms with van der Waals surface area (Å²) in [5.41, 5.74) is 1.79. The van der Waals surface area contributed by atoms with Crippen molar-refractivity contribution in [2.45, 2.75) is 19.6 Å². The van der Waals surface area contributed by atoms with Gasteiger partial charge in [-0.1, -0.05) is 11.6 Å². The van der Waals surface area contributed by atoms with Crippen molar-refractivity contribution in [1.82, 2.24) is 10.6 Å². The molecule has 0 aliphatic heterocycles. The van der Waals surface area contributed by atoms with Crippen LogP contribution in [-0.2, 0) is 13.2 Å². The molecule has 0 aliphatic carbocycles. The lowest BCUT2D eigenvalue weighted by molar-refractivity contribution is -0.384. The first-order valence-electron chi connectivity index (χ1n) is 8.63. The van der Waals surface area contributed by atoms with Crippen molar-refractivity contribution in [1.29, 1.82) is 0 Å². The van der Waals surface area contributed by atoms with E-state index in [1.54, 1.807) is 25.3 Å². The first-order valence-corrected chi connectivity index (χ1v) is 9.00. The molecule has 0 bridgehead atoms. The Bertz CT molecular complexity index is 753. The zero-order chi connectivity index (χ0) is 19.6. The molecule has 7 nitrogen and oxygen atoms in total. The van der Waals surface area contributed by atoms with Gasteiger partial charge in [-0.3, -0.25) is 10.1 Å². The highest BCUT2D eigenvalue weighted by Crippen LogP contribution is 2.34. The van der Waals surface area contributed by atoms with Gasteiger partial charge in [0, 0.05) is 29.8 Å². The summed E-state index contributed by atoms with van der Waals surface area (Å²) in [6.45, 7) is 2.74. The molecule has 2 N–H and O–H groups in total. The average Bonchev–Trinajstić information content (AvgIpc) is 2.67. The molecule has 0 unspecified atom stereocenters. The number of rotatable bonds is 11. The van der Waals surface area contributed by atoms with E-state index in [1.807, 2.05) is 13.1 Å². The van der Waals surface area contributed by atoms with Crippen LogP contribution in [0.15, 0.2) is 36.4 Å². The number of hydrogen-bond acceptors (Lipinski definition) is 6. The van der Waals surface area contributed by atoms with Gasteiger partial charge < -0.3 is 20.1 Å². The Morgan fingerprint density at radius 3 is 2.52 bits per heavy atom. The third kappa shape index (κ3) is 6.39. The number of hydrogen-bond donors (Lipinski definition) is 2. The number of nitrogens with one attached hydrogen (secondary N) is 2. The van der Waals surface area contributed by atoms with Gasteiger partial charge in [-0.25, -0.2) is 0 Å². The molecule has 0 aliphatic rings. The van der Waals surface area contributed by atoms with Gasteiger partial charge in [-0.2, -0.15) is 0 Å². The van der Waals surface area contributed by atoms with Crippen molar-refractivity contribution in [2.75, 3.05) is 27.2 Å². The first-order chi connectivity index (χ1) is 13.0. The van der Waals surface area contributed by atoms with Crippen molar-refractivity contribution in [2.24, 2.45) is 0 Å². The van der Waals surface area contributed by atoms with Crippen LogP contribution in [0.4, 0.5) is 5.69 Å². The second-order valence-corrected chi connectivity index (χ2v) is 6.35. The molecule has 2 rings (SSSR count). The van der Waals surface area contributed by atoms with Crippen LogP contribution in [0.1, 0.15) is 17.5 Å². The summed E-state index contributed by atoms with van der Waals surface area (Å²) in [6, 6.07) is 9.82. The maximum atomic E-state index is 10.7. The summed E-state index contributed by atoms with van der Waals surface area (Å²) in [6.07, 6.45) is 1.03. The lowest BCUT2D eigenvalue weighted by Gasteiger charge is -2.14. The van der Waals surface area contributed by atoms with E-state index >= 15 is 0 Å². The van der Waals surface area contributed by atoms with E-state index < -0.39 is 4.92 Å². The highest BCUT2D eigenvalue weighted by molar-refractivity contribution is 6.31. The molecule has 2 aromatic rings. The molecule has 27 heavy (non-hydrogen) atoms. The summed E-state index contributed by atoms with van der Waals surface area (Å²) in [7, 11) is 3.50. The van der Waals surface area contributed by atoms with E-state index in [-0.39, 0.29) is 12.3 Å². The fraction of sp³-hybridized carbons (Fsp3) is 0.368. The summed E-state index contributed by atoms with van der Waals surface area (Å²) in [4.78, 5) is 10.3. The number of non-ortho nitro benzene ring substituents is 1. The fourth-order valence-corrected chi connectivity index (χ4v) is 2.69. The van der Waals surface area contributed by atoms with E-state index in [1.165, 1.54) is 12.1 Å². The molecule has 0 amide bonds. The molecule has 8 heteroatoms. The van der Waals surface area contributed by atoms with E-state index in [9.17, 15) is 10.1 Å². The van der Waals surface area contributed by atoms with Crippen LogP contribution in [0.5, 0.6) is 11.5 Å². The van der Waals surface area contributed by atoms with Gasteiger partial charge in [-0.15, -0.1) is 0 Å². The van der Waals surface area contributed by atoms with Gasteiger partial charge >= 0.3 is 0 Å². The van der Waals surface area contributed by atoms with Gasteiger partial charge in [0.2, 0.25) is 0 Å². The normalized spacial score (nSPS) is 10.6. The summed E-state index contributed by atoms with van der Waals surface area (Å²) >= 11 is 6.37. The van der Waals surface area contributed by atoms with Crippen LogP contribution in [0.25, 0.3) is 0 Å².